The maximum atomic E-state index is 5.96. The minimum absolute atomic E-state index is 0.531. The Balaban J connectivity index is 2.06. The van der Waals surface area contributed by atoms with Gasteiger partial charge >= 0.3 is 0 Å². The van der Waals surface area contributed by atoms with Crippen molar-refractivity contribution >= 4 is 11.5 Å². The lowest BCUT2D eigenvalue weighted by atomic mass is 10.2. The van der Waals surface area contributed by atoms with Gasteiger partial charge < -0.3 is 15.0 Å². The summed E-state index contributed by atoms with van der Waals surface area (Å²) in [6.45, 7) is 3.74. The van der Waals surface area contributed by atoms with E-state index in [-0.39, 0.29) is 0 Å². The third-order valence-electron chi connectivity index (χ3n) is 4.18. The summed E-state index contributed by atoms with van der Waals surface area (Å²) in [6, 6.07) is 6.74. The van der Waals surface area contributed by atoms with Crippen molar-refractivity contribution in [3.05, 3.63) is 30.1 Å². The van der Waals surface area contributed by atoms with Gasteiger partial charge in [0.1, 0.15) is 5.65 Å². The Labute approximate surface area is 114 Å². The van der Waals surface area contributed by atoms with Crippen LogP contribution in [0, 0.1) is 0 Å². The zero-order valence-corrected chi connectivity index (χ0v) is 11.5. The van der Waals surface area contributed by atoms with Crippen LogP contribution in [0.3, 0.4) is 0 Å². The highest BCUT2D eigenvalue weighted by atomic mass is 15.3. The molecule has 102 valence electrons. The first kappa shape index (κ1) is 12.5. The second-order valence-corrected chi connectivity index (χ2v) is 5.24. The summed E-state index contributed by atoms with van der Waals surface area (Å²) in [5.74, 6) is 1.09. The number of fused-ring (bicyclic) bond motifs is 1. The quantitative estimate of drug-likeness (QED) is 0.916. The highest BCUT2D eigenvalue weighted by Gasteiger charge is 2.25. The summed E-state index contributed by atoms with van der Waals surface area (Å²) < 4.78 is 2.12. The standard InChI is InChI=1S/C15H22N4/c1-2-18(12-7-3-4-8-12)15-13(11-16)19-10-6-5-9-14(19)17-15/h5-6,9-10,12H,2-4,7-8,11,16H2,1H3. The first-order valence-corrected chi connectivity index (χ1v) is 7.27. The van der Waals surface area contributed by atoms with Crippen molar-refractivity contribution < 1.29 is 0 Å². The maximum absolute atomic E-state index is 5.96. The van der Waals surface area contributed by atoms with Crippen LogP contribution in [0.25, 0.3) is 5.65 Å². The fraction of sp³-hybridized carbons (Fsp3) is 0.533. The molecule has 4 nitrogen and oxygen atoms in total. The molecule has 3 rings (SSSR count). The Kier molecular flexibility index (Phi) is 3.42. The van der Waals surface area contributed by atoms with E-state index >= 15 is 0 Å². The molecule has 0 aliphatic heterocycles. The first-order chi connectivity index (χ1) is 9.35. The molecule has 0 amide bonds. The van der Waals surface area contributed by atoms with Crippen LogP contribution in [0.2, 0.25) is 0 Å². The average molecular weight is 258 g/mol. The van der Waals surface area contributed by atoms with Gasteiger partial charge in [-0.15, -0.1) is 0 Å². The second-order valence-electron chi connectivity index (χ2n) is 5.24. The minimum atomic E-state index is 0.531. The van der Waals surface area contributed by atoms with E-state index in [0.717, 1.165) is 23.7 Å². The zero-order chi connectivity index (χ0) is 13.2. The highest BCUT2D eigenvalue weighted by molar-refractivity contribution is 5.56. The lowest BCUT2D eigenvalue weighted by Gasteiger charge is -2.28. The predicted molar refractivity (Wildman–Crippen MR) is 78.4 cm³/mol. The molecule has 2 N–H and O–H groups in total. The van der Waals surface area contributed by atoms with E-state index in [1.807, 2.05) is 18.2 Å². The van der Waals surface area contributed by atoms with Crippen LogP contribution < -0.4 is 10.6 Å². The molecule has 0 atom stereocenters. The van der Waals surface area contributed by atoms with Crippen molar-refractivity contribution in [3.63, 3.8) is 0 Å². The van der Waals surface area contributed by atoms with Crippen molar-refractivity contribution in [2.45, 2.75) is 45.2 Å². The number of hydrogen-bond acceptors (Lipinski definition) is 3. The van der Waals surface area contributed by atoms with Gasteiger partial charge in [-0.1, -0.05) is 18.9 Å². The number of hydrogen-bond donors (Lipinski definition) is 1. The van der Waals surface area contributed by atoms with Crippen molar-refractivity contribution in [1.82, 2.24) is 9.38 Å². The zero-order valence-electron chi connectivity index (χ0n) is 11.5. The molecule has 0 unspecified atom stereocenters. The number of nitrogens with zero attached hydrogens (tertiary/aromatic N) is 3. The summed E-state index contributed by atoms with van der Waals surface area (Å²) in [7, 11) is 0. The van der Waals surface area contributed by atoms with E-state index in [2.05, 4.69) is 22.4 Å². The van der Waals surface area contributed by atoms with Gasteiger partial charge in [0.2, 0.25) is 0 Å². The van der Waals surface area contributed by atoms with Crippen LogP contribution in [0.5, 0.6) is 0 Å². The van der Waals surface area contributed by atoms with Gasteiger partial charge in [-0.2, -0.15) is 0 Å². The monoisotopic (exact) mass is 258 g/mol. The SMILES string of the molecule is CCN(c1nc2ccccn2c1CN)C1CCCC1. The fourth-order valence-corrected chi connectivity index (χ4v) is 3.25. The summed E-state index contributed by atoms with van der Waals surface area (Å²) in [5, 5.41) is 0. The van der Waals surface area contributed by atoms with Crippen LogP contribution >= 0.6 is 0 Å². The highest BCUT2D eigenvalue weighted by Crippen LogP contribution is 2.30. The number of rotatable bonds is 4. The molecule has 4 heteroatoms. The van der Waals surface area contributed by atoms with Gasteiger partial charge in [0.25, 0.3) is 0 Å². The van der Waals surface area contributed by atoms with Gasteiger partial charge in [-0.3, -0.25) is 0 Å². The molecule has 2 heterocycles. The van der Waals surface area contributed by atoms with Crippen molar-refractivity contribution in [2.75, 3.05) is 11.4 Å². The van der Waals surface area contributed by atoms with Crippen LogP contribution in [-0.2, 0) is 6.54 Å². The lowest BCUT2D eigenvalue weighted by molar-refractivity contribution is 0.611. The van der Waals surface area contributed by atoms with Crippen LogP contribution in [0.1, 0.15) is 38.3 Å². The molecule has 0 radical (unpaired) electrons. The van der Waals surface area contributed by atoms with E-state index in [1.165, 1.54) is 25.7 Å². The van der Waals surface area contributed by atoms with E-state index < -0.39 is 0 Å². The van der Waals surface area contributed by atoms with Gasteiger partial charge in [-0.25, -0.2) is 4.98 Å². The van der Waals surface area contributed by atoms with Gasteiger partial charge in [0.15, 0.2) is 5.82 Å². The Bertz CT molecular complexity index is 554. The molecule has 1 aliphatic rings. The Morgan fingerprint density at radius 3 is 2.84 bits per heavy atom. The molecular formula is C15H22N4. The Hall–Kier alpha value is -1.55. The normalized spacial score (nSPS) is 16.3. The second kappa shape index (κ2) is 5.21. The van der Waals surface area contributed by atoms with Crippen molar-refractivity contribution in [1.29, 1.82) is 0 Å². The summed E-state index contributed by atoms with van der Waals surface area (Å²) >= 11 is 0. The number of pyridine rings is 1. The number of nitrogens with two attached hydrogens (primary N) is 1. The third kappa shape index (κ3) is 2.10. The van der Waals surface area contributed by atoms with Crippen molar-refractivity contribution in [2.24, 2.45) is 5.73 Å². The molecular weight excluding hydrogens is 236 g/mol. The van der Waals surface area contributed by atoms with Crippen LogP contribution in [0.15, 0.2) is 24.4 Å². The molecule has 19 heavy (non-hydrogen) atoms. The molecule has 0 spiro atoms. The largest absolute Gasteiger partial charge is 0.352 e. The molecule has 0 aromatic carbocycles. The van der Waals surface area contributed by atoms with E-state index in [0.29, 0.717) is 12.6 Å². The third-order valence-corrected chi connectivity index (χ3v) is 4.18. The summed E-state index contributed by atoms with van der Waals surface area (Å²) in [4.78, 5) is 7.25. The molecule has 1 saturated carbocycles. The van der Waals surface area contributed by atoms with E-state index in [1.54, 1.807) is 0 Å². The molecule has 2 aromatic heterocycles. The number of aromatic nitrogens is 2. The van der Waals surface area contributed by atoms with Crippen LogP contribution in [0.4, 0.5) is 5.82 Å². The smallest absolute Gasteiger partial charge is 0.152 e. The van der Waals surface area contributed by atoms with E-state index in [4.69, 9.17) is 10.7 Å². The van der Waals surface area contributed by atoms with Gasteiger partial charge in [0.05, 0.1) is 5.69 Å². The summed E-state index contributed by atoms with van der Waals surface area (Å²) in [6.07, 6.45) is 7.30. The van der Waals surface area contributed by atoms with E-state index in [9.17, 15) is 0 Å². The maximum Gasteiger partial charge on any atom is 0.152 e. The fourth-order valence-electron chi connectivity index (χ4n) is 3.25. The minimum Gasteiger partial charge on any atom is -0.352 e. The first-order valence-electron chi connectivity index (χ1n) is 7.27. The molecule has 0 saturated heterocycles. The Morgan fingerprint density at radius 2 is 2.16 bits per heavy atom. The van der Waals surface area contributed by atoms with Crippen LogP contribution in [-0.4, -0.2) is 22.0 Å². The van der Waals surface area contributed by atoms with Crippen molar-refractivity contribution in [3.8, 4) is 0 Å². The molecule has 1 fully saturated rings. The summed E-state index contributed by atoms with van der Waals surface area (Å²) in [5.41, 5.74) is 8.09. The molecule has 0 bridgehead atoms. The molecule has 1 aliphatic carbocycles. The Morgan fingerprint density at radius 1 is 1.37 bits per heavy atom. The molecule has 2 aromatic rings. The average Bonchev–Trinajstić information content (AvgIpc) is 3.07. The predicted octanol–water partition coefficient (Wildman–Crippen LogP) is 2.56. The lowest BCUT2D eigenvalue weighted by Crippen LogP contribution is -2.34. The number of imidazole rings is 1. The van der Waals surface area contributed by atoms with Gasteiger partial charge in [0, 0.05) is 25.3 Å². The number of anilines is 1. The topological polar surface area (TPSA) is 46.6 Å². The van der Waals surface area contributed by atoms with Gasteiger partial charge in [-0.05, 0) is 31.9 Å².